The van der Waals surface area contributed by atoms with E-state index in [9.17, 15) is 0 Å². The largest absolute Gasteiger partial charge is 0.314 e. The molecule has 80 valence electrons. The minimum absolute atomic E-state index is 0.627. The van der Waals surface area contributed by atoms with Crippen molar-refractivity contribution in [3.63, 3.8) is 0 Å². The quantitative estimate of drug-likeness (QED) is 0.748. The molecule has 1 aromatic rings. The molecule has 0 aliphatic rings. The van der Waals surface area contributed by atoms with Crippen LogP contribution in [0.5, 0.6) is 0 Å². The molecule has 1 heterocycles. The van der Waals surface area contributed by atoms with Crippen LogP contribution in [0.1, 0.15) is 27.2 Å². The number of thiophene rings is 1. The summed E-state index contributed by atoms with van der Waals surface area (Å²) in [4.78, 5) is 0. The summed E-state index contributed by atoms with van der Waals surface area (Å²) in [6.07, 6.45) is 1.23. The zero-order chi connectivity index (χ0) is 10.4. The first-order valence-corrected chi connectivity index (χ1v) is 6.91. The van der Waals surface area contributed by atoms with E-state index >= 15 is 0 Å². The van der Waals surface area contributed by atoms with Crippen LogP contribution in [-0.4, -0.2) is 17.8 Å². The van der Waals surface area contributed by atoms with E-state index in [0.717, 1.165) is 6.54 Å². The molecule has 0 saturated heterocycles. The van der Waals surface area contributed by atoms with Gasteiger partial charge in [0.1, 0.15) is 0 Å². The van der Waals surface area contributed by atoms with Crippen LogP contribution in [0.3, 0.4) is 0 Å². The Kier molecular flexibility index (Phi) is 5.60. The van der Waals surface area contributed by atoms with Gasteiger partial charge in [-0.15, -0.1) is 23.1 Å². The van der Waals surface area contributed by atoms with E-state index in [4.69, 9.17) is 0 Å². The van der Waals surface area contributed by atoms with Crippen molar-refractivity contribution in [1.82, 2.24) is 5.32 Å². The summed E-state index contributed by atoms with van der Waals surface area (Å²) < 4.78 is 1.43. The van der Waals surface area contributed by atoms with Crippen LogP contribution in [0.2, 0.25) is 0 Å². The molecule has 0 bridgehead atoms. The summed E-state index contributed by atoms with van der Waals surface area (Å²) in [5.41, 5.74) is 0. The van der Waals surface area contributed by atoms with Crippen molar-refractivity contribution < 1.29 is 0 Å². The molecule has 0 amide bonds. The maximum Gasteiger partial charge on any atom is 0.0601 e. The van der Waals surface area contributed by atoms with Gasteiger partial charge in [0.05, 0.1) is 4.21 Å². The highest BCUT2D eigenvalue weighted by Gasteiger charge is 2.09. The van der Waals surface area contributed by atoms with Gasteiger partial charge in [0.15, 0.2) is 0 Å². The number of hydrogen-bond acceptors (Lipinski definition) is 3. The van der Waals surface area contributed by atoms with Crippen molar-refractivity contribution in [2.45, 2.75) is 42.7 Å². The highest BCUT2D eigenvalue weighted by atomic mass is 32.2. The van der Waals surface area contributed by atoms with E-state index < -0.39 is 0 Å². The van der Waals surface area contributed by atoms with Crippen molar-refractivity contribution in [3.8, 4) is 0 Å². The van der Waals surface area contributed by atoms with Crippen molar-refractivity contribution in [2.24, 2.45) is 0 Å². The lowest BCUT2D eigenvalue weighted by Crippen LogP contribution is -2.27. The summed E-state index contributed by atoms with van der Waals surface area (Å²) in [7, 11) is 0. The van der Waals surface area contributed by atoms with Gasteiger partial charge >= 0.3 is 0 Å². The molecule has 1 nitrogen and oxygen atoms in total. The fourth-order valence-electron chi connectivity index (χ4n) is 1.51. The zero-order valence-electron chi connectivity index (χ0n) is 9.12. The van der Waals surface area contributed by atoms with E-state index in [1.807, 2.05) is 23.1 Å². The topological polar surface area (TPSA) is 12.0 Å². The highest BCUT2D eigenvalue weighted by molar-refractivity contribution is 8.01. The van der Waals surface area contributed by atoms with Crippen molar-refractivity contribution in [3.05, 3.63) is 17.5 Å². The predicted octanol–water partition coefficient (Wildman–Crippen LogP) is 3.62. The normalized spacial score (nSPS) is 15.4. The number of hydrogen-bond donors (Lipinski definition) is 1. The first-order chi connectivity index (χ1) is 6.72. The van der Waals surface area contributed by atoms with Crippen LogP contribution in [0.4, 0.5) is 0 Å². The summed E-state index contributed by atoms with van der Waals surface area (Å²) in [6.45, 7) is 7.79. The lowest BCUT2D eigenvalue weighted by Gasteiger charge is -2.16. The molecule has 0 saturated carbocycles. The van der Waals surface area contributed by atoms with Gasteiger partial charge in [0, 0.05) is 11.3 Å². The van der Waals surface area contributed by atoms with Gasteiger partial charge in [0.25, 0.3) is 0 Å². The monoisotopic (exact) mass is 229 g/mol. The Labute approximate surface area is 95.3 Å². The molecule has 0 radical (unpaired) electrons. The summed E-state index contributed by atoms with van der Waals surface area (Å²) in [5.74, 6) is 0. The number of rotatable bonds is 6. The highest BCUT2D eigenvalue weighted by Crippen LogP contribution is 2.29. The van der Waals surface area contributed by atoms with E-state index in [1.54, 1.807) is 0 Å². The van der Waals surface area contributed by atoms with Crippen LogP contribution >= 0.6 is 23.1 Å². The van der Waals surface area contributed by atoms with Crippen LogP contribution in [-0.2, 0) is 0 Å². The molecule has 1 aromatic heterocycles. The van der Waals surface area contributed by atoms with Crippen LogP contribution in [0.15, 0.2) is 21.7 Å². The maximum atomic E-state index is 3.45. The first-order valence-electron chi connectivity index (χ1n) is 5.16. The zero-order valence-corrected chi connectivity index (χ0v) is 10.8. The number of thioether (sulfide) groups is 1. The third-order valence-electron chi connectivity index (χ3n) is 2.05. The van der Waals surface area contributed by atoms with Crippen LogP contribution in [0, 0.1) is 0 Å². The van der Waals surface area contributed by atoms with Gasteiger partial charge in [-0.25, -0.2) is 0 Å². The Bertz CT molecular complexity index is 233. The Hall–Kier alpha value is 0.01000. The van der Waals surface area contributed by atoms with Crippen molar-refractivity contribution >= 4 is 23.1 Å². The van der Waals surface area contributed by atoms with Crippen molar-refractivity contribution in [1.29, 1.82) is 0 Å². The summed E-state index contributed by atoms with van der Waals surface area (Å²) >= 11 is 3.82. The second-order valence-corrected chi connectivity index (χ2v) is 6.24. The summed E-state index contributed by atoms with van der Waals surface area (Å²) in [6, 6.07) is 4.94. The Morgan fingerprint density at radius 1 is 1.50 bits per heavy atom. The molecular formula is C11H19NS2. The Morgan fingerprint density at radius 3 is 2.86 bits per heavy atom. The fraction of sp³-hybridized carbons (Fsp3) is 0.636. The molecular weight excluding hydrogens is 210 g/mol. The molecule has 1 N–H and O–H groups in total. The fourth-order valence-corrected chi connectivity index (χ4v) is 3.78. The minimum atomic E-state index is 0.627. The lowest BCUT2D eigenvalue weighted by atomic mass is 10.2. The second-order valence-electron chi connectivity index (χ2n) is 3.55. The molecule has 1 rings (SSSR count). The van der Waals surface area contributed by atoms with Gasteiger partial charge in [-0.2, -0.15) is 0 Å². The van der Waals surface area contributed by atoms with Crippen molar-refractivity contribution in [2.75, 3.05) is 6.54 Å². The van der Waals surface area contributed by atoms with Gasteiger partial charge in [-0.3, -0.25) is 0 Å². The van der Waals surface area contributed by atoms with Crippen LogP contribution < -0.4 is 5.32 Å². The predicted molar refractivity (Wildman–Crippen MR) is 67.4 cm³/mol. The van der Waals surface area contributed by atoms with E-state index in [0.29, 0.717) is 11.3 Å². The van der Waals surface area contributed by atoms with E-state index in [-0.39, 0.29) is 0 Å². The van der Waals surface area contributed by atoms with Gasteiger partial charge in [-0.1, -0.05) is 19.9 Å². The third kappa shape index (κ3) is 4.49. The van der Waals surface area contributed by atoms with Gasteiger partial charge in [0.2, 0.25) is 0 Å². The van der Waals surface area contributed by atoms with E-state index in [1.165, 1.54) is 10.6 Å². The minimum Gasteiger partial charge on any atom is -0.314 e. The Morgan fingerprint density at radius 2 is 2.29 bits per heavy atom. The average molecular weight is 229 g/mol. The summed E-state index contributed by atoms with van der Waals surface area (Å²) in [5, 5.41) is 6.28. The maximum absolute atomic E-state index is 3.45. The lowest BCUT2D eigenvalue weighted by molar-refractivity contribution is 0.530. The van der Waals surface area contributed by atoms with Gasteiger partial charge < -0.3 is 5.32 Å². The molecule has 0 spiro atoms. The molecule has 0 aromatic carbocycles. The van der Waals surface area contributed by atoms with Crippen LogP contribution in [0.25, 0.3) is 0 Å². The Balaban J connectivity index is 2.25. The van der Waals surface area contributed by atoms with E-state index in [2.05, 4.69) is 43.6 Å². The molecule has 0 fully saturated rings. The SMILES string of the molecule is CCNC(C)CC(C)Sc1cccs1. The molecule has 2 atom stereocenters. The molecule has 2 unspecified atom stereocenters. The molecule has 14 heavy (non-hydrogen) atoms. The number of nitrogens with one attached hydrogen (secondary N) is 1. The first kappa shape index (κ1) is 12.1. The van der Waals surface area contributed by atoms with Gasteiger partial charge in [-0.05, 0) is 31.3 Å². The smallest absolute Gasteiger partial charge is 0.0601 e. The third-order valence-corrected chi connectivity index (χ3v) is 4.25. The molecule has 3 heteroatoms. The molecule has 0 aliphatic carbocycles. The second kappa shape index (κ2) is 6.49. The average Bonchev–Trinajstić information content (AvgIpc) is 2.56. The molecule has 0 aliphatic heterocycles. The standard InChI is InChI=1S/C11H19NS2/c1-4-12-9(2)8-10(3)14-11-6-5-7-13-11/h5-7,9-10,12H,4,8H2,1-3H3.